The van der Waals surface area contributed by atoms with Crippen molar-refractivity contribution in [2.75, 3.05) is 13.1 Å². The van der Waals surface area contributed by atoms with Crippen LogP contribution in [0.15, 0.2) is 6.07 Å². The van der Waals surface area contributed by atoms with Gasteiger partial charge in [-0.25, -0.2) is 0 Å². The summed E-state index contributed by atoms with van der Waals surface area (Å²) in [6, 6.07) is 1.99. The van der Waals surface area contributed by atoms with E-state index in [1.165, 1.54) is 23.3 Å². The van der Waals surface area contributed by atoms with Crippen LogP contribution in [0.5, 0.6) is 0 Å². The topological polar surface area (TPSA) is 12.0 Å². The predicted molar refractivity (Wildman–Crippen MR) is 75.1 cm³/mol. The van der Waals surface area contributed by atoms with Crippen molar-refractivity contribution in [2.24, 2.45) is 0 Å². The van der Waals surface area contributed by atoms with Crippen LogP contribution in [0.4, 0.5) is 0 Å². The lowest BCUT2D eigenvalue weighted by atomic mass is 9.83. The summed E-state index contributed by atoms with van der Waals surface area (Å²) in [4.78, 5) is 0. The van der Waals surface area contributed by atoms with Gasteiger partial charge in [-0.1, -0.05) is 44.0 Å². The second-order valence-electron chi connectivity index (χ2n) is 4.62. The van der Waals surface area contributed by atoms with Gasteiger partial charge in [-0.3, -0.25) is 0 Å². The zero-order valence-corrected chi connectivity index (χ0v) is 12.4. The molecule has 0 aliphatic carbocycles. The lowest BCUT2D eigenvalue weighted by Gasteiger charge is -2.24. The fourth-order valence-electron chi connectivity index (χ4n) is 1.64. The average molecular weight is 280 g/mol. The Kier molecular flexibility index (Phi) is 5.58. The van der Waals surface area contributed by atoms with E-state index >= 15 is 0 Å². The number of rotatable bonds is 6. The van der Waals surface area contributed by atoms with E-state index in [4.69, 9.17) is 23.2 Å². The van der Waals surface area contributed by atoms with E-state index in [0.717, 1.165) is 28.2 Å². The molecule has 0 saturated carbocycles. The number of nitrogens with one attached hydrogen (secondary N) is 1. The van der Waals surface area contributed by atoms with Crippen LogP contribution in [0.2, 0.25) is 8.67 Å². The van der Waals surface area contributed by atoms with Crippen LogP contribution in [0.3, 0.4) is 0 Å². The molecule has 0 amide bonds. The highest BCUT2D eigenvalue weighted by molar-refractivity contribution is 7.20. The molecule has 0 aliphatic rings. The van der Waals surface area contributed by atoms with Gasteiger partial charge >= 0.3 is 0 Å². The molecule has 0 spiro atoms. The highest BCUT2D eigenvalue weighted by Gasteiger charge is 2.24. The van der Waals surface area contributed by atoms with E-state index in [0.29, 0.717) is 0 Å². The van der Waals surface area contributed by atoms with Crippen LogP contribution in [0.25, 0.3) is 0 Å². The molecule has 1 aromatic rings. The largest absolute Gasteiger partial charge is 0.317 e. The van der Waals surface area contributed by atoms with Crippen LogP contribution < -0.4 is 5.32 Å². The summed E-state index contributed by atoms with van der Waals surface area (Å²) in [6.07, 6.45) is 2.24. The molecule has 92 valence electrons. The molecule has 0 unspecified atom stereocenters. The van der Waals surface area contributed by atoms with Gasteiger partial charge in [0.25, 0.3) is 0 Å². The Bertz CT molecular complexity index is 334. The van der Waals surface area contributed by atoms with Gasteiger partial charge in [0.1, 0.15) is 0 Å². The minimum Gasteiger partial charge on any atom is -0.317 e. The Morgan fingerprint density at radius 1 is 1.31 bits per heavy atom. The Balaban J connectivity index is 2.59. The fraction of sp³-hybridized carbons (Fsp3) is 0.667. The molecule has 1 nitrogen and oxygen atoms in total. The first-order valence-corrected chi connectivity index (χ1v) is 7.20. The number of hydrogen-bond acceptors (Lipinski definition) is 2. The Morgan fingerprint density at radius 3 is 2.50 bits per heavy atom. The number of thiophene rings is 1. The molecular formula is C12H19Cl2NS. The first-order chi connectivity index (χ1) is 7.47. The second kappa shape index (κ2) is 6.25. The zero-order valence-electron chi connectivity index (χ0n) is 10.1. The quantitative estimate of drug-likeness (QED) is 0.743. The summed E-state index contributed by atoms with van der Waals surface area (Å²) in [5, 5.41) is 3.41. The molecule has 1 heterocycles. The van der Waals surface area contributed by atoms with Crippen molar-refractivity contribution in [2.45, 2.75) is 39.0 Å². The Morgan fingerprint density at radius 2 is 2.00 bits per heavy atom. The molecule has 1 rings (SSSR count). The zero-order chi connectivity index (χ0) is 12.2. The predicted octanol–water partition coefficient (Wildman–Crippen LogP) is 4.72. The maximum atomic E-state index is 6.18. The van der Waals surface area contributed by atoms with E-state index in [2.05, 4.69) is 26.1 Å². The molecule has 0 fully saturated rings. The first-order valence-electron chi connectivity index (χ1n) is 5.63. The molecule has 0 saturated heterocycles. The summed E-state index contributed by atoms with van der Waals surface area (Å²) in [6.45, 7) is 8.70. The van der Waals surface area contributed by atoms with Gasteiger partial charge in [-0.15, -0.1) is 11.3 Å². The summed E-state index contributed by atoms with van der Waals surface area (Å²) in [5.74, 6) is 0. The van der Waals surface area contributed by atoms with Crippen LogP contribution in [0, 0.1) is 0 Å². The molecule has 16 heavy (non-hydrogen) atoms. The third kappa shape index (κ3) is 3.92. The van der Waals surface area contributed by atoms with E-state index < -0.39 is 0 Å². The van der Waals surface area contributed by atoms with Gasteiger partial charge in [0, 0.05) is 0 Å². The van der Waals surface area contributed by atoms with Crippen molar-refractivity contribution in [3.05, 3.63) is 20.3 Å². The van der Waals surface area contributed by atoms with Gasteiger partial charge in [0.05, 0.1) is 8.67 Å². The van der Waals surface area contributed by atoms with Crippen molar-refractivity contribution >= 4 is 34.5 Å². The van der Waals surface area contributed by atoms with Crippen molar-refractivity contribution in [1.82, 2.24) is 5.32 Å². The lowest BCUT2D eigenvalue weighted by Crippen LogP contribution is -2.25. The SMILES string of the molecule is CCCNCCC(C)(C)c1cc(Cl)sc1Cl. The van der Waals surface area contributed by atoms with Crippen LogP contribution in [-0.2, 0) is 5.41 Å². The molecule has 0 aliphatic heterocycles. The molecular weight excluding hydrogens is 261 g/mol. The number of halogens is 2. The van der Waals surface area contributed by atoms with Crippen molar-refractivity contribution < 1.29 is 0 Å². The minimum absolute atomic E-state index is 0.0848. The van der Waals surface area contributed by atoms with E-state index in [-0.39, 0.29) is 5.41 Å². The number of hydrogen-bond donors (Lipinski definition) is 1. The summed E-state index contributed by atoms with van der Waals surface area (Å²) < 4.78 is 1.60. The fourth-order valence-corrected chi connectivity index (χ4v) is 3.45. The van der Waals surface area contributed by atoms with Crippen molar-refractivity contribution in [3.8, 4) is 0 Å². The molecule has 1 N–H and O–H groups in total. The summed E-state index contributed by atoms with van der Waals surface area (Å²) in [5.41, 5.74) is 1.25. The highest BCUT2D eigenvalue weighted by atomic mass is 35.5. The van der Waals surface area contributed by atoms with Gasteiger partial charge in [0.2, 0.25) is 0 Å². The molecule has 0 aromatic carbocycles. The van der Waals surface area contributed by atoms with Crippen LogP contribution in [-0.4, -0.2) is 13.1 Å². The maximum Gasteiger partial charge on any atom is 0.0981 e. The second-order valence-corrected chi connectivity index (χ2v) is 6.91. The standard InChI is InChI=1S/C12H19Cl2NS/c1-4-6-15-7-5-12(2,3)9-8-10(13)16-11(9)14/h8,15H,4-7H2,1-3H3. The lowest BCUT2D eigenvalue weighted by molar-refractivity contribution is 0.458. The van der Waals surface area contributed by atoms with E-state index in [9.17, 15) is 0 Å². The summed E-state index contributed by atoms with van der Waals surface area (Å²) >= 11 is 13.6. The monoisotopic (exact) mass is 279 g/mol. The van der Waals surface area contributed by atoms with Crippen molar-refractivity contribution in [1.29, 1.82) is 0 Å². The minimum atomic E-state index is 0.0848. The first kappa shape index (κ1) is 14.3. The maximum absolute atomic E-state index is 6.18. The molecule has 0 atom stereocenters. The molecule has 0 bridgehead atoms. The van der Waals surface area contributed by atoms with Crippen molar-refractivity contribution in [3.63, 3.8) is 0 Å². The molecule has 4 heteroatoms. The van der Waals surface area contributed by atoms with Gasteiger partial charge < -0.3 is 5.32 Å². The van der Waals surface area contributed by atoms with E-state index in [1.807, 2.05) is 6.07 Å². The van der Waals surface area contributed by atoms with Crippen LogP contribution >= 0.6 is 34.5 Å². The molecule has 1 aromatic heterocycles. The van der Waals surface area contributed by atoms with E-state index in [1.54, 1.807) is 0 Å². The Hall–Kier alpha value is 0.240. The third-order valence-corrected chi connectivity index (χ3v) is 4.23. The summed E-state index contributed by atoms with van der Waals surface area (Å²) in [7, 11) is 0. The normalized spacial score (nSPS) is 12.1. The van der Waals surface area contributed by atoms with Gasteiger partial charge in [-0.05, 0) is 43.0 Å². The highest BCUT2D eigenvalue weighted by Crippen LogP contribution is 2.40. The third-order valence-electron chi connectivity index (χ3n) is 2.74. The average Bonchev–Trinajstić information content (AvgIpc) is 2.53. The smallest absolute Gasteiger partial charge is 0.0981 e. The van der Waals surface area contributed by atoms with Gasteiger partial charge in [0.15, 0.2) is 0 Å². The van der Waals surface area contributed by atoms with Crippen LogP contribution in [0.1, 0.15) is 39.2 Å². The Labute approximate surface area is 112 Å². The molecule has 0 radical (unpaired) electrons. The van der Waals surface area contributed by atoms with Gasteiger partial charge in [-0.2, -0.15) is 0 Å².